The van der Waals surface area contributed by atoms with Crippen LogP contribution in [0.4, 0.5) is 0 Å². The van der Waals surface area contributed by atoms with Crippen LogP contribution in [-0.4, -0.2) is 18.2 Å². The molecule has 0 amide bonds. The van der Waals surface area contributed by atoms with Crippen LogP contribution in [0.5, 0.6) is 5.75 Å². The molecule has 0 aliphatic rings. The Morgan fingerprint density at radius 3 is 2.36 bits per heavy atom. The fourth-order valence-corrected chi connectivity index (χ4v) is 1.91. The Morgan fingerprint density at radius 2 is 1.77 bits per heavy atom. The van der Waals surface area contributed by atoms with Gasteiger partial charge in [0, 0.05) is 0 Å². The summed E-state index contributed by atoms with van der Waals surface area (Å²) in [6.07, 6.45) is -1.10. The molecule has 0 fully saturated rings. The third kappa shape index (κ3) is 3.96. The minimum Gasteiger partial charge on any atom is -0.497 e. The zero-order valence-electron chi connectivity index (χ0n) is 12.4. The lowest BCUT2D eigenvalue weighted by Gasteiger charge is -2.14. The van der Waals surface area contributed by atoms with E-state index in [4.69, 9.17) is 9.47 Å². The lowest BCUT2D eigenvalue weighted by molar-refractivity contribution is -0.141. The third-order valence-electron chi connectivity index (χ3n) is 3.24. The quantitative estimate of drug-likeness (QED) is 0.658. The lowest BCUT2D eigenvalue weighted by Crippen LogP contribution is -2.13. The number of aliphatic hydroxyl groups excluding tert-OH is 1. The highest BCUT2D eigenvalue weighted by atomic mass is 16.5. The van der Waals surface area contributed by atoms with Crippen molar-refractivity contribution in [3.8, 4) is 5.75 Å². The molecular formula is C18H18O4. The molecule has 1 atom stereocenters. The molecule has 4 heteroatoms. The van der Waals surface area contributed by atoms with Crippen LogP contribution in [0.25, 0.3) is 0 Å². The van der Waals surface area contributed by atoms with E-state index in [1.165, 1.54) is 0 Å². The molecule has 2 aromatic rings. The van der Waals surface area contributed by atoms with E-state index in [9.17, 15) is 9.90 Å². The fourth-order valence-electron chi connectivity index (χ4n) is 1.91. The van der Waals surface area contributed by atoms with Crippen molar-refractivity contribution < 1.29 is 19.4 Å². The second kappa shape index (κ2) is 7.43. The highest BCUT2D eigenvalue weighted by Gasteiger charge is 2.19. The molecule has 0 saturated carbocycles. The average Bonchev–Trinajstić information content (AvgIpc) is 2.59. The molecule has 0 spiro atoms. The predicted molar refractivity (Wildman–Crippen MR) is 83.3 cm³/mol. The Balaban J connectivity index is 1.95. The van der Waals surface area contributed by atoms with Gasteiger partial charge in [0.25, 0.3) is 0 Å². The first-order chi connectivity index (χ1) is 10.6. The summed E-state index contributed by atoms with van der Waals surface area (Å²) in [6, 6.07) is 16.1. The minimum atomic E-state index is -1.10. The van der Waals surface area contributed by atoms with E-state index >= 15 is 0 Å². The monoisotopic (exact) mass is 298 g/mol. The molecule has 22 heavy (non-hydrogen) atoms. The van der Waals surface area contributed by atoms with E-state index in [1.807, 2.05) is 30.3 Å². The Kier molecular flexibility index (Phi) is 5.33. The summed E-state index contributed by atoms with van der Waals surface area (Å²) < 4.78 is 10.2. The molecule has 0 saturated heterocycles. The third-order valence-corrected chi connectivity index (χ3v) is 3.24. The first-order valence-corrected chi connectivity index (χ1v) is 6.83. The Labute approximate surface area is 129 Å². The van der Waals surface area contributed by atoms with Crippen LogP contribution in [0.1, 0.15) is 17.2 Å². The van der Waals surface area contributed by atoms with Gasteiger partial charge < -0.3 is 14.6 Å². The van der Waals surface area contributed by atoms with Crippen LogP contribution < -0.4 is 4.74 Å². The SMILES string of the molecule is C=C(C(=O)OCc1ccccc1)C(O)c1ccc(OC)cc1. The van der Waals surface area contributed by atoms with Crippen molar-refractivity contribution in [1.29, 1.82) is 0 Å². The van der Waals surface area contributed by atoms with Gasteiger partial charge in [-0.2, -0.15) is 0 Å². The van der Waals surface area contributed by atoms with Crippen molar-refractivity contribution in [2.24, 2.45) is 0 Å². The standard InChI is InChI=1S/C18H18O4/c1-13(17(19)15-8-10-16(21-2)11-9-15)18(20)22-12-14-6-4-3-5-7-14/h3-11,17,19H,1,12H2,2H3. The fraction of sp³-hybridized carbons (Fsp3) is 0.167. The van der Waals surface area contributed by atoms with Crippen molar-refractivity contribution in [2.75, 3.05) is 7.11 Å². The number of hydrogen-bond acceptors (Lipinski definition) is 4. The highest BCUT2D eigenvalue weighted by Crippen LogP contribution is 2.23. The summed E-state index contributed by atoms with van der Waals surface area (Å²) in [6.45, 7) is 3.78. The molecule has 2 rings (SSSR count). The van der Waals surface area contributed by atoms with E-state index in [0.29, 0.717) is 11.3 Å². The van der Waals surface area contributed by atoms with Gasteiger partial charge in [0.2, 0.25) is 0 Å². The van der Waals surface area contributed by atoms with Crippen LogP contribution in [0.3, 0.4) is 0 Å². The van der Waals surface area contributed by atoms with Gasteiger partial charge in [-0.15, -0.1) is 0 Å². The van der Waals surface area contributed by atoms with Crippen molar-refractivity contribution in [3.63, 3.8) is 0 Å². The zero-order valence-corrected chi connectivity index (χ0v) is 12.4. The van der Waals surface area contributed by atoms with Crippen LogP contribution >= 0.6 is 0 Å². The van der Waals surface area contributed by atoms with E-state index < -0.39 is 12.1 Å². The number of esters is 1. The maximum Gasteiger partial charge on any atom is 0.336 e. The summed E-state index contributed by atoms with van der Waals surface area (Å²) in [4.78, 5) is 11.9. The van der Waals surface area contributed by atoms with Gasteiger partial charge in [-0.1, -0.05) is 49.0 Å². The molecule has 0 radical (unpaired) electrons. The van der Waals surface area contributed by atoms with Crippen molar-refractivity contribution in [2.45, 2.75) is 12.7 Å². The molecule has 0 aliphatic heterocycles. The number of methoxy groups -OCH3 is 1. The maximum atomic E-state index is 11.9. The minimum absolute atomic E-state index is 0.00102. The smallest absolute Gasteiger partial charge is 0.336 e. The molecule has 4 nitrogen and oxygen atoms in total. The summed E-state index contributed by atoms with van der Waals surface area (Å²) in [5.74, 6) is 0.0559. The topological polar surface area (TPSA) is 55.8 Å². The van der Waals surface area contributed by atoms with Gasteiger partial charge in [0.05, 0.1) is 12.7 Å². The zero-order chi connectivity index (χ0) is 15.9. The number of ether oxygens (including phenoxy) is 2. The largest absolute Gasteiger partial charge is 0.497 e. The van der Waals surface area contributed by atoms with E-state index in [0.717, 1.165) is 5.56 Å². The second-order valence-corrected chi connectivity index (χ2v) is 4.76. The lowest BCUT2D eigenvalue weighted by atomic mass is 10.0. The number of carbonyl (C=O) groups is 1. The molecule has 0 heterocycles. The first kappa shape index (κ1) is 15.8. The number of benzene rings is 2. The molecule has 0 bridgehead atoms. The Morgan fingerprint density at radius 1 is 1.14 bits per heavy atom. The van der Waals surface area contributed by atoms with E-state index in [-0.39, 0.29) is 12.2 Å². The van der Waals surface area contributed by atoms with Crippen molar-refractivity contribution in [3.05, 3.63) is 77.9 Å². The summed E-state index contributed by atoms with van der Waals surface area (Å²) in [5.41, 5.74) is 1.44. The van der Waals surface area contributed by atoms with Crippen LogP contribution in [-0.2, 0) is 16.1 Å². The van der Waals surface area contributed by atoms with E-state index in [1.54, 1.807) is 31.4 Å². The molecule has 1 N–H and O–H groups in total. The number of aliphatic hydroxyl groups is 1. The molecular weight excluding hydrogens is 280 g/mol. The van der Waals surface area contributed by atoms with E-state index in [2.05, 4.69) is 6.58 Å². The van der Waals surface area contributed by atoms with Gasteiger partial charge in [-0.25, -0.2) is 4.79 Å². The number of rotatable bonds is 6. The molecule has 1 unspecified atom stereocenters. The number of hydrogen-bond donors (Lipinski definition) is 1. The van der Waals surface area contributed by atoms with Crippen LogP contribution in [0.15, 0.2) is 66.7 Å². The summed E-state index contributed by atoms with van der Waals surface area (Å²) in [5, 5.41) is 10.2. The van der Waals surface area contributed by atoms with Gasteiger partial charge in [0.1, 0.15) is 18.5 Å². The van der Waals surface area contributed by atoms with Gasteiger partial charge >= 0.3 is 5.97 Å². The second-order valence-electron chi connectivity index (χ2n) is 4.76. The Bertz CT molecular complexity index is 632. The maximum absolute atomic E-state index is 11.9. The van der Waals surface area contributed by atoms with Crippen molar-refractivity contribution in [1.82, 2.24) is 0 Å². The first-order valence-electron chi connectivity index (χ1n) is 6.83. The highest BCUT2D eigenvalue weighted by molar-refractivity contribution is 5.89. The molecule has 2 aromatic carbocycles. The summed E-state index contributed by atoms with van der Waals surface area (Å²) in [7, 11) is 1.56. The molecule has 0 aliphatic carbocycles. The Hall–Kier alpha value is -2.59. The normalized spacial score (nSPS) is 11.5. The number of carbonyl (C=O) groups excluding carboxylic acids is 1. The average molecular weight is 298 g/mol. The van der Waals surface area contributed by atoms with Crippen molar-refractivity contribution >= 4 is 5.97 Å². The van der Waals surface area contributed by atoms with Gasteiger partial charge in [-0.3, -0.25) is 0 Å². The summed E-state index contributed by atoms with van der Waals surface area (Å²) >= 11 is 0. The molecule has 114 valence electrons. The van der Waals surface area contributed by atoms with Gasteiger partial charge in [-0.05, 0) is 23.3 Å². The van der Waals surface area contributed by atoms with Crippen LogP contribution in [0.2, 0.25) is 0 Å². The van der Waals surface area contributed by atoms with Crippen LogP contribution in [0, 0.1) is 0 Å². The van der Waals surface area contributed by atoms with Gasteiger partial charge in [0.15, 0.2) is 0 Å². The molecule has 0 aromatic heterocycles. The predicted octanol–water partition coefficient (Wildman–Crippen LogP) is 3.03.